The van der Waals surface area contributed by atoms with Crippen LogP contribution in [0, 0.1) is 0 Å². The molecule has 4 rings (SSSR count). The van der Waals surface area contributed by atoms with Gasteiger partial charge in [0.2, 0.25) is 0 Å². The molecule has 0 atom stereocenters. The zero-order valence-electron chi connectivity index (χ0n) is 14.0. The number of rotatable bonds is 4. The summed E-state index contributed by atoms with van der Waals surface area (Å²) >= 11 is 1.41. The standard InChI is InChI=1S/C18H12F3N3O2S2/c19-18(20,21)13-6-2-4-8-16(13)28(25,26)23-14-7-3-1-5-12(14)15-11-24-9-10-27-17(24)22-15/h1-11,23H. The highest BCUT2D eigenvalue weighted by Gasteiger charge is 2.37. The number of benzene rings is 2. The van der Waals surface area contributed by atoms with Gasteiger partial charge in [0, 0.05) is 23.3 Å². The Hall–Kier alpha value is -2.85. The summed E-state index contributed by atoms with van der Waals surface area (Å²) in [5, 5.41) is 1.86. The van der Waals surface area contributed by atoms with Crippen LogP contribution in [-0.2, 0) is 16.2 Å². The Morgan fingerprint density at radius 3 is 2.50 bits per heavy atom. The third-order valence-corrected chi connectivity index (χ3v) is 6.22. The van der Waals surface area contributed by atoms with Crippen molar-refractivity contribution < 1.29 is 21.6 Å². The smallest absolute Gasteiger partial charge is 0.297 e. The number of aromatic nitrogens is 2. The number of nitrogens with zero attached hydrogens (tertiary/aromatic N) is 2. The van der Waals surface area contributed by atoms with Gasteiger partial charge in [-0.25, -0.2) is 13.4 Å². The van der Waals surface area contributed by atoms with Crippen LogP contribution in [0.1, 0.15) is 5.56 Å². The lowest BCUT2D eigenvalue weighted by molar-refractivity contribution is -0.139. The Balaban J connectivity index is 1.77. The summed E-state index contributed by atoms with van der Waals surface area (Å²) in [6.07, 6.45) is -1.26. The first-order valence-corrected chi connectivity index (χ1v) is 10.3. The van der Waals surface area contributed by atoms with Crippen LogP contribution >= 0.6 is 11.3 Å². The van der Waals surface area contributed by atoms with Crippen molar-refractivity contribution in [2.75, 3.05) is 4.72 Å². The molecule has 2 aromatic carbocycles. The molecule has 0 unspecified atom stereocenters. The van der Waals surface area contributed by atoms with Gasteiger partial charge >= 0.3 is 6.18 Å². The van der Waals surface area contributed by atoms with Crippen molar-refractivity contribution in [3.8, 4) is 11.3 Å². The minimum absolute atomic E-state index is 0.144. The van der Waals surface area contributed by atoms with Crippen molar-refractivity contribution >= 4 is 32.0 Å². The topological polar surface area (TPSA) is 63.5 Å². The molecule has 144 valence electrons. The van der Waals surface area contributed by atoms with E-state index in [1.54, 1.807) is 28.8 Å². The van der Waals surface area contributed by atoms with E-state index in [1.165, 1.54) is 23.5 Å². The Labute approximate surface area is 162 Å². The monoisotopic (exact) mass is 423 g/mol. The molecule has 0 fully saturated rings. The molecule has 0 aliphatic carbocycles. The van der Waals surface area contributed by atoms with Gasteiger partial charge < -0.3 is 0 Å². The van der Waals surface area contributed by atoms with Gasteiger partial charge in [-0.2, -0.15) is 13.2 Å². The van der Waals surface area contributed by atoms with E-state index in [0.717, 1.165) is 23.2 Å². The molecule has 10 heteroatoms. The van der Waals surface area contributed by atoms with Gasteiger partial charge in [-0.1, -0.05) is 30.3 Å². The first-order chi connectivity index (χ1) is 13.3. The van der Waals surface area contributed by atoms with Crippen LogP contribution in [0.4, 0.5) is 18.9 Å². The zero-order chi connectivity index (χ0) is 19.9. The number of fused-ring (bicyclic) bond motifs is 1. The number of hydrogen-bond acceptors (Lipinski definition) is 4. The highest BCUT2D eigenvalue weighted by Crippen LogP contribution is 2.36. The Kier molecular flexibility index (Phi) is 4.39. The van der Waals surface area contributed by atoms with Gasteiger partial charge in [0.05, 0.1) is 21.8 Å². The third kappa shape index (κ3) is 3.36. The number of para-hydroxylation sites is 1. The largest absolute Gasteiger partial charge is 0.417 e. The SMILES string of the molecule is O=S(=O)(Nc1ccccc1-c1cn2ccsc2n1)c1ccccc1C(F)(F)F. The number of nitrogens with one attached hydrogen (secondary N) is 1. The molecule has 0 spiro atoms. The number of imidazole rings is 1. The summed E-state index contributed by atoms with van der Waals surface area (Å²) in [5.41, 5.74) is -0.103. The lowest BCUT2D eigenvalue weighted by Gasteiger charge is -2.15. The number of alkyl halides is 3. The zero-order valence-corrected chi connectivity index (χ0v) is 15.6. The van der Waals surface area contributed by atoms with Crippen molar-refractivity contribution in [2.24, 2.45) is 0 Å². The quantitative estimate of drug-likeness (QED) is 0.509. The average Bonchev–Trinajstić information content (AvgIpc) is 3.23. The molecule has 28 heavy (non-hydrogen) atoms. The average molecular weight is 423 g/mol. The van der Waals surface area contributed by atoms with Crippen LogP contribution in [0.2, 0.25) is 0 Å². The summed E-state index contributed by atoms with van der Waals surface area (Å²) in [6, 6.07) is 10.5. The Morgan fingerprint density at radius 1 is 1.04 bits per heavy atom. The molecule has 0 amide bonds. The maximum atomic E-state index is 13.2. The summed E-state index contributed by atoms with van der Waals surface area (Å²) in [6.45, 7) is 0. The van der Waals surface area contributed by atoms with E-state index in [9.17, 15) is 21.6 Å². The summed E-state index contributed by atoms with van der Waals surface area (Å²) < 4.78 is 69.3. The molecule has 4 aromatic rings. The van der Waals surface area contributed by atoms with E-state index in [4.69, 9.17) is 0 Å². The third-order valence-electron chi connectivity index (χ3n) is 4.02. The van der Waals surface area contributed by atoms with Crippen LogP contribution in [0.15, 0.2) is 71.2 Å². The van der Waals surface area contributed by atoms with Crippen LogP contribution < -0.4 is 4.72 Å². The normalized spacial score (nSPS) is 12.4. The molecular weight excluding hydrogens is 411 g/mol. The molecule has 0 saturated carbocycles. The number of anilines is 1. The fourth-order valence-corrected chi connectivity index (χ4v) is 4.80. The second-order valence-electron chi connectivity index (χ2n) is 5.86. The van der Waals surface area contributed by atoms with E-state index >= 15 is 0 Å². The number of thiazole rings is 1. The van der Waals surface area contributed by atoms with Crippen LogP contribution in [0.3, 0.4) is 0 Å². The van der Waals surface area contributed by atoms with Crippen molar-refractivity contribution in [2.45, 2.75) is 11.1 Å². The van der Waals surface area contributed by atoms with Crippen molar-refractivity contribution in [3.63, 3.8) is 0 Å². The van der Waals surface area contributed by atoms with Crippen molar-refractivity contribution in [3.05, 3.63) is 71.9 Å². The number of hydrogen-bond donors (Lipinski definition) is 1. The summed E-state index contributed by atoms with van der Waals surface area (Å²) in [7, 11) is -4.48. The van der Waals surface area contributed by atoms with E-state index in [0.29, 0.717) is 11.3 Å². The minimum Gasteiger partial charge on any atom is -0.297 e. The molecule has 0 radical (unpaired) electrons. The van der Waals surface area contributed by atoms with Gasteiger partial charge in [0.1, 0.15) is 0 Å². The molecule has 0 aliphatic heterocycles. The second-order valence-corrected chi connectivity index (χ2v) is 8.39. The molecule has 0 saturated heterocycles. The minimum atomic E-state index is -4.79. The van der Waals surface area contributed by atoms with Crippen LogP contribution in [0.5, 0.6) is 0 Å². The fraction of sp³-hybridized carbons (Fsp3) is 0.0556. The first kappa shape index (κ1) is 18.5. The molecule has 0 aliphatic rings. The summed E-state index contributed by atoms with van der Waals surface area (Å²) in [5.74, 6) is 0. The van der Waals surface area contributed by atoms with Gasteiger partial charge in [0.15, 0.2) is 4.96 Å². The lowest BCUT2D eigenvalue weighted by Crippen LogP contribution is -2.19. The molecule has 1 N–H and O–H groups in total. The van der Waals surface area contributed by atoms with Crippen molar-refractivity contribution in [1.29, 1.82) is 0 Å². The number of halogens is 3. The highest BCUT2D eigenvalue weighted by atomic mass is 32.2. The highest BCUT2D eigenvalue weighted by molar-refractivity contribution is 7.92. The Morgan fingerprint density at radius 2 is 1.75 bits per heavy atom. The predicted molar refractivity (Wildman–Crippen MR) is 101 cm³/mol. The number of sulfonamides is 1. The van der Waals surface area contributed by atoms with Gasteiger partial charge in [-0.3, -0.25) is 9.12 Å². The van der Waals surface area contributed by atoms with Crippen LogP contribution in [0.25, 0.3) is 16.2 Å². The van der Waals surface area contributed by atoms with Crippen molar-refractivity contribution in [1.82, 2.24) is 9.38 Å². The van der Waals surface area contributed by atoms with Gasteiger partial charge in [-0.15, -0.1) is 11.3 Å². The molecule has 5 nitrogen and oxygen atoms in total. The molecule has 2 heterocycles. The molecule has 0 bridgehead atoms. The first-order valence-electron chi connectivity index (χ1n) is 7.96. The lowest BCUT2D eigenvalue weighted by atomic mass is 10.1. The molecule has 2 aromatic heterocycles. The van der Waals surface area contributed by atoms with Crippen LogP contribution in [-0.4, -0.2) is 17.8 Å². The van der Waals surface area contributed by atoms with E-state index in [-0.39, 0.29) is 5.69 Å². The maximum absolute atomic E-state index is 13.2. The Bertz CT molecular complexity index is 1230. The maximum Gasteiger partial charge on any atom is 0.417 e. The summed E-state index contributed by atoms with van der Waals surface area (Å²) in [4.78, 5) is 4.32. The fourth-order valence-electron chi connectivity index (χ4n) is 2.79. The van der Waals surface area contributed by atoms with E-state index in [1.807, 2.05) is 11.6 Å². The predicted octanol–water partition coefficient (Wildman–Crippen LogP) is 4.88. The van der Waals surface area contributed by atoms with E-state index in [2.05, 4.69) is 9.71 Å². The van der Waals surface area contributed by atoms with Gasteiger partial charge in [-0.05, 0) is 18.2 Å². The second kappa shape index (κ2) is 6.64. The van der Waals surface area contributed by atoms with Gasteiger partial charge in [0.25, 0.3) is 10.0 Å². The molecular formula is C18H12F3N3O2S2. The van der Waals surface area contributed by atoms with E-state index < -0.39 is 26.7 Å².